The fraction of sp³-hybridized carbons (Fsp3) is 0.917. The molecule has 0 aliphatic heterocycles. The summed E-state index contributed by atoms with van der Waals surface area (Å²) in [4.78, 5) is 12.2. The van der Waals surface area contributed by atoms with Crippen molar-refractivity contribution in [2.24, 2.45) is 5.92 Å². The van der Waals surface area contributed by atoms with E-state index in [1.165, 1.54) is 25.7 Å². The number of carbonyl (C=O) groups is 1. The maximum absolute atomic E-state index is 11.8. The van der Waals surface area contributed by atoms with Crippen molar-refractivity contribution in [1.29, 1.82) is 0 Å². The molecule has 1 aliphatic rings. The SMILES string of the molecule is CCC(C)C(=O)NC1CCCCCC1Br. The molecule has 0 aromatic carbocycles. The van der Waals surface area contributed by atoms with Crippen molar-refractivity contribution in [2.75, 3.05) is 0 Å². The zero-order valence-electron chi connectivity index (χ0n) is 9.76. The Bertz CT molecular complexity index is 208. The molecule has 1 aliphatic carbocycles. The van der Waals surface area contributed by atoms with Gasteiger partial charge in [0.15, 0.2) is 0 Å². The van der Waals surface area contributed by atoms with E-state index in [1.807, 2.05) is 6.92 Å². The number of alkyl halides is 1. The van der Waals surface area contributed by atoms with E-state index in [0.29, 0.717) is 10.9 Å². The van der Waals surface area contributed by atoms with Gasteiger partial charge in [-0.05, 0) is 19.3 Å². The van der Waals surface area contributed by atoms with Crippen molar-refractivity contribution in [2.45, 2.75) is 63.2 Å². The van der Waals surface area contributed by atoms with E-state index in [-0.39, 0.29) is 11.8 Å². The summed E-state index contributed by atoms with van der Waals surface area (Å²) in [5.74, 6) is 0.363. The van der Waals surface area contributed by atoms with Gasteiger partial charge >= 0.3 is 0 Å². The molecule has 0 aromatic heterocycles. The molecule has 1 fully saturated rings. The summed E-state index contributed by atoms with van der Waals surface area (Å²) in [5.41, 5.74) is 0. The number of nitrogens with one attached hydrogen (secondary N) is 1. The second-order valence-corrected chi connectivity index (χ2v) is 5.75. The van der Waals surface area contributed by atoms with Gasteiger partial charge in [0.25, 0.3) is 0 Å². The fourth-order valence-electron chi connectivity index (χ4n) is 1.94. The second-order valence-electron chi connectivity index (χ2n) is 4.58. The molecule has 1 N–H and O–H groups in total. The highest BCUT2D eigenvalue weighted by atomic mass is 79.9. The Morgan fingerprint density at radius 3 is 2.73 bits per heavy atom. The van der Waals surface area contributed by atoms with Gasteiger partial charge in [-0.1, -0.05) is 49.0 Å². The van der Waals surface area contributed by atoms with Crippen LogP contribution in [-0.4, -0.2) is 16.8 Å². The molecule has 15 heavy (non-hydrogen) atoms. The topological polar surface area (TPSA) is 29.1 Å². The summed E-state index contributed by atoms with van der Waals surface area (Å²) in [5, 5.41) is 3.17. The molecule has 0 radical (unpaired) electrons. The van der Waals surface area contributed by atoms with Gasteiger partial charge < -0.3 is 5.32 Å². The lowest BCUT2D eigenvalue weighted by atomic mass is 10.1. The zero-order chi connectivity index (χ0) is 11.3. The third kappa shape index (κ3) is 4.13. The van der Waals surface area contributed by atoms with Gasteiger partial charge in [0, 0.05) is 16.8 Å². The van der Waals surface area contributed by atoms with Crippen LogP contribution in [0.25, 0.3) is 0 Å². The molecule has 88 valence electrons. The Balaban J connectivity index is 2.44. The van der Waals surface area contributed by atoms with Gasteiger partial charge in [-0.3, -0.25) is 4.79 Å². The van der Waals surface area contributed by atoms with Crippen LogP contribution in [0.2, 0.25) is 0 Å². The summed E-state index contributed by atoms with van der Waals surface area (Å²) in [6, 6.07) is 0.342. The van der Waals surface area contributed by atoms with Crippen LogP contribution in [0, 0.1) is 5.92 Å². The Morgan fingerprint density at radius 1 is 1.40 bits per heavy atom. The van der Waals surface area contributed by atoms with Crippen LogP contribution >= 0.6 is 15.9 Å². The minimum atomic E-state index is 0.146. The Kier molecular flexibility index (Phi) is 5.65. The zero-order valence-corrected chi connectivity index (χ0v) is 11.3. The largest absolute Gasteiger partial charge is 0.352 e. The number of hydrogen-bond donors (Lipinski definition) is 1. The third-order valence-electron chi connectivity index (χ3n) is 3.32. The molecule has 0 heterocycles. The minimum absolute atomic E-state index is 0.146. The van der Waals surface area contributed by atoms with Crippen LogP contribution in [0.5, 0.6) is 0 Å². The average molecular weight is 276 g/mol. The van der Waals surface area contributed by atoms with E-state index in [9.17, 15) is 4.79 Å². The predicted octanol–water partition coefficient (Wildman–Crippen LogP) is 3.24. The lowest BCUT2D eigenvalue weighted by Gasteiger charge is -2.23. The maximum atomic E-state index is 11.8. The lowest BCUT2D eigenvalue weighted by molar-refractivity contribution is -0.125. The molecular formula is C12H22BrNO. The molecule has 0 aromatic rings. The molecule has 0 spiro atoms. The first-order valence-electron chi connectivity index (χ1n) is 6.09. The van der Waals surface area contributed by atoms with Crippen LogP contribution in [0.3, 0.4) is 0 Å². The number of hydrogen-bond acceptors (Lipinski definition) is 1. The van der Waals surface area contributed by atoms with Gasteiger partial charge in [0.2, 0.25) is 5.91 Å². The Labute approximate surface area is 101 Å². The van der Waals surface area contributed by atoms with Crippen molar-refractivity contribution in [3.05, 3.63) is 0 Å². The van der Waals surface area contributed by atoms with E-state index >= 15 is 0 Å². The molecule has 3 atom stereocenters. The summed E-state index contributed by atoms with van der Waals surface area (Å²) < 4.78 is 0. The van der Waals surface area contributed by atoms with Gasteiger partial charge in [0.1, 0.15) is 0 Å². The summed E-state index contributed by atoms with van der Waals surface area (Å²) in [6.07, 6.45) is 7.06. The average Bonchev–Trinajstić information content (AvgIpc) is 2.43. The van der Waals surface area contributed by atoms with Gasteiger partial charge in [0.05, 0.1) is 0 Å². The molecule has 1 amide bonds. The van der Waals surface area contributed by atoms with E-state index in [2.05, 4.69) is 28.2 Å². The molecule has 3 heteroatoms. The Hall–Kier alpha value is -0.0500. The van der Waals surface area contributed by atoms with Crippen LogP contribution in [-0.2, 0) is 4.79 Å². The van der Waals surface area contributed by atoms with Crippen molar-refractivity contribution in [3.63, 3.8) is 0 Å². The maximum Gasteiger partial charge on any atom is 0.223 e. The summed E-state index contributed by atoms with van der Waals surface area (Å²) in [6.45, 7) is 4.05. The second kappa shape index (κ2) is 6.51. The first-order chi connectivity index (χ1) is 7.15. The minimum Gasteiger partial charge on any atom is -0.352 e. The summed E-state index contributed by atoms with van der Waals surface area (Å²) >= 11 is 3.69. The standard InChI is InChI=1S/C12H22BrNO/c1-3-9(2)12(15)14-11-8-6-4-5-7-10(11)13/h9-11H,3-8H2,1-2H3,(H,14,15). The smallest absolute Gasteiger partial charge is 0.223 e. The number of rotatable bonds is 3. The van der Waals surface area contributed by atoms with Crippen LogP contribution < -0.4 is 5.32 Å². The molecular weight excluding hydrogens is 254 g/mol. The molecule has 2 nitrogen and oxygen atoms in total. The highest BCUT2D eigenvalue weighted by molar-refractivity contribution is 9.09. The molecule has 1 saturated carbocycles. The lowest BCUT2D eigenvalue weighted by Crippen LogP contribution is -2.42. The van der Waals surface area contributed by atoms with Gasteiger partial charge in [-0.15, -0.1) is 0 Å². The van der Waals surface area contributed by atoms with Crippen molar-refractivity contribution < 1.29 is 4.79 Å². The van der Waals surface area contributed by atoms with Crippen LogP contribution in [0.1, 0.15) is 52.4 Å². The number of halogens is 1. The normalized spacial score (nSPS) is 29.3. The van der Waals surface area contributed by atoms with Crippen LogP contribution in [0.4, 0.5) is 0 Å². The first kappa shape index (κ1) is 13.0. The van der Waals surface area contributed by atoms with Crippen LogP contribution in [0.15, 0.2) is 0 Å². The third-order valence-corrected chi connectivity index (χ3v) is 4.42. The van der Waals surface area contributed by atoms with E-state index < -0.39 is 0 Å². The molecule has 1 rings (SSSR count). The highest BCUT2D eigenvalue weighted by Gasteiger charge is 2.24. The fourth-order valence-corrected chi connectivity index (χ4v) is 2.66. The predicted molar refractivity (Wildman–Crippen MR) is 67.2 cm³/mol. The van der Waals surface area contributed by atoms with E-state index in [1.54, 1.807) is 0 Å². The quantitative estimate of drug-likeness (QED) is 0.622. The van der Waals surface area contributed by atoms with E-state index in [0.717, 1.165) is 12.8 Å². The van der Waals surface area contributed by atoms with E-state index in [4.69, 9.17) is 0 Å². The van der Waals surface area contributed by atoms with Gasteiger partial charge in [-0.25, -0.2) is 0 Å². The molecule has 3 unspecified atom stereocenters. The first-order valence-corrected chi connectivity index (χ1v) is 7.01. The monoisotopic (exact) mass is 275 g/mol. The molecule has 0 bridgehead atoms. The van der Waals surface area contributed by atoms with Crippen molar-refractivity contribution >= 4 is 21.8 Å². The Morgan fingerprint density at radius 2 is 2.07 bits per heavy atom. The number of carbonyl (C=O) groups excluding carboxylic acids is 1. The van der Waals surface area contributed by atoms with Crippen molar-refractivity contribution in [1.82, 2.24) is 5.32 Å². The number of amides is 1. The van der Waals surface area contributed by atoms with Gasteiger partial charge in [-0.2, -0.15) is 0 Å². The molecule has 0 saturated heterocycles. The van der Waals surface area contributed by atoms with Crippen molar-refractivity contribution in [3.8, 4) is 0 Å². The summed E-state index contributed by atoms with van der Waals surface area (Å²) in [7, 11) is 0. The highest BCUT2D eigenvalue weighted by Crippen LogP contribution is 2.24.